The van der Waals surface area contributed by atoms with Crippen LogP contribution in [0.4, 0.5) is 0 Å². The molecule has 16 heavy (non-hydrogen) atoms. The third kappa shape index (κ3) is 5.53. The van der Waals surface area contributed by atoms with E-state index in [0.717, 1.165) is 12.8 Å². The number of rotatable bonds is 8. The van der Waals surface area contributed by atoms with E-state index in [4.69, 9.17) is 9.47 Å². The van der Waals surface area contributed by atoms with Crippen LogP contribution in [0.2, 0.25) is 0 Å². The Morgan fingerprint density at radius 3 is 1.88 bits per heavy atom. The Balaban J connectivity index is 4.28. The zero-order valence-corrected chi connectivity index (χ0v) is 10.0. The minimum Gasteiger partial charge on any atom is -0.465 e. The van der Waals surface area contributed by atoms with E-state index in [2.05, 4.69) is 6.58 Å². The highest BCUT2D eigenvalue weighted by Gasteiger charge is 2.28. The molecule has 0 aliphatic carbocycles. The van der Waals surface area contributed by atoms with Gasteiger partial charge in [0.05, 0.1) is 13.2 Å². The van der Waals surface area contributed by atoms with Gasteiger partial charge in [0.25, 0.3) is 0 Å². The summed E-state index contributed by atoms with van der Waals surface area (Å²) in [5.74, 6) is -1.92. The Morgan fingerprint density at radius 2 is 1.56 bits per heavy atom. The van der Waals surface area contributed by atoms with E-state index in [1.54, 1.807) is 0 Å². The number of ether oxygens (including phenoxy) is 2. The predicted molar refractivity (Wildman–Crippen MR) is 60.8 cm³/mol. The fourth-order valence-corrected chi connectivity index (χ4v) is 1.06. The van der Waals surface area contributed by atoms with E-state index in [1.165, 1.54) is 6.08 Å². The summed E-state index contributed by atoms with van der Waals surface area (Å²) in [5, 5.41) is 0. The minimum absolute atomic E-state index is 0.255. The van der Waals surface area contributed by atoms with Crippen LogP contribution < -0.4 is 0 Å². The normalized spacial score (nSPS) is 9.94. The van der Waals surface area contributed by atoms with Gasteiger partial charge in [-0.1, -0.05) is 19.9 Å². The van der Waals surface area contributed by atoms with E-state index in [1.807, 2.05) is 13.8 Å². The Morgan fingerprint density at radius 1 is 1.12 bits per heavy atom. The van der Waals surface area contributed by atoms with Crippen LogP contribution >= 0.6 is 0 Å². The maximum Gasteiger partial charge on any atom is 0.320 e. The molecule has 0 spiro atoms. The highest BCUT2D eigenvalue weighted by molar-refractivity contribution is 5.95. The highest BCUT2D eigenvalue weighted by Crippen LogP contribution is 2.10. The fourth-order valence-electron chi connectivity index (χ4n) is 1.06. The average molecular weight is 228 g/mol. The third-order valence-electron chi connectivity index (χ3n) is 1.87. The Kier molecular flexibility index (Phi) is 8.21. The van der Waals surface area contributed by atoms with Crippen molar-refractivity contribution in [3.63, 3.8) is 0 Å². The van der Waals surface area contributed by atoms with E-state index in [9.17, 15) is 9.59 Å². The summed E-state index contributed by atoms with van der Waals surface area (Å²) in [4.78, 5) is 23.1. The zero-order valence-electron chi connectivity index (χ0n) is 10.0. The molecular weight excluding hydrogens is 208 g/mol. The lowest BCUT2D eigenvalue weighted by atomic mass is 10.1. The molecule has 0 radical (unpaired) electrons. The van der Waals surface area contributed by atoms with Crippen molar-refractivity contribution in [2.24, 2.45) is 5.92 Å². The Hall–Kier alpha value is -1.32. The number of hydrogen-bond acceptors (Lipinski definition) is 4. The van der Waals surface area contributed by atoms with Gasteiger partial charge in [0.15, 0.2) is 5.92 Å². The van der Waals surface area contributed by atoms with Crippen LogP contribution in [0.15, 0.2) is 12.7 Å². The van der Waals surface area contributed by atoms with Crippen LogP contribution in [0, 0.1) is 5.92 Å². The molecule has 0 heterocycles. The van der Waals surface area contributed by atoms with Gasteiger partial charge in [-0.2, -0.15) is 0 Å². The van der Waals surface area contributed by atoms with Crippen molar-refractivity contribution in [1.82, 2.24) is 0 Å². The van der Waals surface area contributed by atoms with E-state index < -0.39 is 17.9 Å². The molecule has 0 aromatic rings. The first-order valence-corrected chi connectivity index (χ1v) is 5.61. The molecule has 0 atom stereocenters. The molecule has 0 saturated carbocycles. The van der Waals surface area contributed by atoms with Gasteiger partial charge >= 0.3 is 11.9 Å². The second-order valence-electron chi connectivity index (χ2n) is 3.41. The number of hydrogen-bond donors (Lipinski definition) is 0. The molecule has 0 aliphatic rings. The van der Waals surface area contributed by atoms with E-state index >= 15 is 0 Å². The molecule has 0 aliphatic heterocycles. The Labute approximate surface area is 96.6 Å². The predicted octanol–water partition coefficient (Wildman–Crippen LogP) is 2.09. The zero-order chi connectivity index (χ0) is 12.4. The van der Waals surface area contributed by atoms with Gasteiger partial charge < -0.3 is 9.47 Å². The van der Waals surface area contributed by atoms with Crippen molar-refractivity contribution in [2.45, 2.75) is 33.1 Å². The largest absolute Gasteiger partial charge is 0.465 e. The first-order valence-electron chi connectivity index (χ1n) is 5.61. The number of allylic oxidation sites excluding steroid dienone is 1. The maximum absolute atomic E-state index is 11.5. The minimum atomic E-state index is -0.865. The van der Waals surface area contributed by atoms with Gasteiger partial charge in [-0.3, -0.25) is 9.59 Å². The highest BCUT2D eigenvalue weighted by atomic mass is 16.6. The van der Waals surface area contributed by atoms with Crippen LogP contribution in [0.1, 0.15) is 33.1 Å². The van der Waals surface area contributed by atoms with Crippen LogP contribution in [0.5, 0.6) is 0 Å². The first kappa shape index (κ1) is 14.7. The lowest BCUT2D eigenvalue weighted by molar-refractivity contribution is -0.162. The van der Waals surface area contributed by atoms with Gasteiger partial charge in [-0.15, -0.1) is 6.58 Å². The van der Waals surface area contributed by atoms with Crippen molar-refractivity contribution in [1.29, 1.82) is 0 Å². The third-order valence-corrected chi connectivity index (χ3v) is 1.87. The van der Waals surface area contributed by atoms with E-state index in [-0.39, 0.29) is 6.42 Å². The quantitative estimate of drug-likeness (QED) is 0.362. The van der Waals surface area contributed by atoms with E-state index in [0.29, 0.717) is 13.2 Å². The molecule has 4 nitrogen and oxygen atoms in total. The topological polar surface area (TPSA) is 52.6 Å². The lowest BCUT2D eigenvalue weighted by Crippen LogP contribution is -2.28. The van der Waals surface area contributed by atoms with Crippen molar-refractivity contribution in [3.05, 3.63) is 12.7 Å². The summed E-state index contributed by atoms with van der Waals surface area (Å²) in [6, 6.07) is 0. The van der Waals surface area contributed by atoms with Crippen molar-refractivity contribution in [3.8, 4) is 0 Å². The van der Waals surface area contributed by atoms with Gasteiger partial charge in [0.1, 0.15) is 0 Å². The second-order valence-corrected chi connectivity index (χ2v) is 3.41. The molecule has 0 bridgehead atoms. The SMILES string of the molecule is C=CCC(C(=O)OCCC)C(=O)OCCC. The molecule has 0 aromatic carbocycles. The van der Waals surface area contributed by atoms with Gasteiger partial charge in [-0.05, 0) is 19.3 Å². The molecule has 0 unspecified atom stereocenters. The summed E-state index contributed by atoms with van der Waals surface area (Å²) in [5.41, 5.74) is 0. The van der Waals surface area contributed by atoms with Gasteiger partial charge in [0.2, 0.25) is 0 Å². The van der Waals surface area contributed by atoms with Crippen LogP contribution in [-0.4, -0.2) is 25.2 Å². The van der Waals surface area contributed by atoms with Crippen LogP contribution in [-0.2, 0) is 19.1 Å². The number of carbonyl (C=O) groups excluding carboxylic acids is 2. The summed E-state index contributed by atoms with van der Waals surface area (Å²) in [6.45, 7) is 7.95. The fraction of sp³-hybridized carbons (Fsp3) is 0.667. The number of carbonyl (C=O) groups is 2. The molecule has 0 N–H and O–H groups in total. The molecular formula is C12H20O4. The van der Waals surface area contributed by atoms with Crippen molar-refractivity contribution in [2.75, 3.05) is 13.2 Å². The molecule has 0 aromatic heterocycles. The molecule has 4 heteroatoms. The average Bonchev–Trinajstić information content (AvgIpc) is 2.29. The lowest BCUT2D eigenvalue weighted by Gasteiger charge is -2.13. The standard InChI is InChI=1S/C12H20O4/c1-4-7-10(11(13)15-8-5-2)12(14)16-9-6-3/h4,10H,1,5-9H2,2-3H3. The van der Waals surface area contributed by atoms with Crippen LogP contribution in [0.3, 0.4) is 0 Å². The summed E-state index contributed by atoms with van der Waals surface area (Å²) >= 11 is 0. The summed E-state index contributed by atoms with van der Waals surface area (Å²) < 4.78 is 9.84. The second kappa shape index (κ2) is 8.95. The monoisotopic (exact) mass is 228 g/mol. The molecule has 0 rings (SSSR count). The molecule has 92 valence electrons. The summed E-state index contributed by atoms with van der Waals surface area (Å²) in [7, 11) is 0. The van der Waals surface area contributed by atoms with Crippen molar-refractivity contribution < 1.29 is 19.1 Å². The smallest absolute Gasteiger partial charge is 0.320 e. The van der Waals surface area contributed by atoms with Crippen molar-refractivity contribution >= 4 is 11.9 Å². The van der Waals surface area contributed by atoms with Crippen LogP contribution in [0.25, 0.3) is 0 Å². The van der Waals surface area contributed by atoms with Gasteiger partial charge in [-0.25, -0.2) is 0 Å². The summed E-state index contributed by atoms with van der Waals surface area (Å²) in [6.07, 6.45) is 3.24. The maximum atomic E-state index is 11.5. The molecule has 0 saturated heterocycles. The molecule has 0 amide bonds. The number of esters is 2. The molecule has 0 fully saturated rings. The first-order chi connectivity index (χ1) is 7.67. The van der Waals surface area contributed by atoms with Gasteiger partial charge in [0, 0.05) is 0 Å². The Bertz CT molecular complexity index is 215.